The summed E-state index contributed by atoms with van der Waals surface area (Å²) in [7, 11) is 0. The molecule has 6 nitrogen and oxygen atoms in total. The third-order valence-corrected chi connectivity index (χ3v) is 5.20. The molecule has 3 aromatic rings. The van der Waals surface area contributed by atoms with Gasteiger partial charge in [-0.2, -0.15) is 0 Å². The average molecular weight is 430 g/mol. The van der Waals surface area contributed by atoms with Crippen molar-refractivity contribution in [1.29, 1.82) is 0 Å². The highest BCUT2D eigenvalue weighted by Crippen LogP contribution is 2.26. The number of anilines is 2. The Balaban J connectivity index is 1.51. The van der Waals surface area contributed by atoms with E-state index in [0.717, 1.165) is 11.3 Å². The smallest absolute Gasteiger partial charge is 0.234 e. The maximum Gasteiger partial charge on any atom is 0.234 e. The van der Waals surface area contributed by atoms with Crippen molar-refractivity contribution in [2.45, 2.75) is 19.1 Å². The van der Waals surface area contributed by atoms with Crippen LogP contribution in [0.5, 0.6) is 0 Å². The van der Waals surface area contributed by atoms with Gasteiger partial charge in [-0.15, -0.1) is 11.8 Å². The molecule has 0 unspecified atom stereocenters. The third kappa shape index (κ3) is 6.10. The van der Waals surface area contributed by atoms with Crippen molar-refractivity contribution in [1.82, 2.24) is 4.98 Å². The van der Waals surface area contributed by atoms with E-state index >= 15 is 0 Å². The van der Waals surface area contributed by atoms with Crippen molar-refractivity contribution in [3.63, 3.8) is 0 Å². The summed E-state index contributed by atoms with van der Waals surface area (Å²) < 4.78 is 5.50. The number of nitrogens with one attached hydrogen (secondary N) is 2. The molecule has 0 saturated heterocycles. The first kappa shape index (κ1) is 21.0. The monoisotopic (exact) mass is 429 g/mol. The molecule has 0 bridgehead atoms. The van der Waals surface area contributed by atoms with Gasteiger partial charge in [0.15, 0.2) is 0 Å². The minimum Gasteiger partial charge on any atom is -0.444 e. The largest absolute Gasteiger partial charge is 0.444 e. The molecule has 0 radical (unpaired) electrons. The zero-order valence-electron chi connectivity index (χ0n) is 15.8. The lowest BCUT2D eigenvalue weighted by atomic mass is 10.2. The lowest BCUT2D eigenvalue weighted by Crippen LogP contribution is -2.15. The summed E-state index contributed by atoms with van der Waals surface area (Å²) >= 11 is 7.56. The average Bonchev–Trinajstić information content (AvgIpc) is 3.20. The summed E-state index contributed by atoms with van der Waals surface area (Å²) in [5.41, 5.74) is 2.72. The number of hydrogen-bond acceptors (Lipinski definition) is 5. The summed E-state index contributed by atoms with van der Waals surface area (Å²) in [4.78, 5) is 28.2. The summed E-state index contributed by atoms with van der Waals surface area (Å²) in [5.74, 6) is 1.04. The van der Waals surface area contributed by atoms with Crippen molar-refractivity contribution in [2.24, 2.45) is 0 Å². The molecule has 0 aliphatic carbocycles. The number of thioether (sulfide) groups is 1. The van der Waals surface area contributed by atoms with Gasteiger partial charge in [-0.3, -0.25) is 9.59 Å². The number of rotatable bonds is 8. The third-order valence-electron chi connectivity index (χ3n) is 3.90. The molecule has 0 saturated carbocycles. The fraction of sp³-hybridized carbons (Fsp3) is 0.190. The van der Waals surface area contributed by atoms with Crippen LogP contribution in [-0.4, -0.2) is 22.6 Å². The Kier molecular flexibility index (Phi) is 7.32. The zero-order valence-corrected chi connectivity index (χ0v) is 17.3. The second kappa shape index (κ2) is 10.1. The molecule has 0 fully saturated rings. The van der Waals surface area contributed by atoms with E-state index in [4.69, 9.17) is 16.0 Å². The second-order valence-electron chi connectivity index (χ2n) is 6.15. The SMILES string of the molecule is CCC(=O)Nc1ccc(Cl)c(NC(=O)CSCc2coc(-c3ccccc3)n2)c1. The maximum atomic E-state index is 12.2. The van der Waals surface area contributed by atoms with Gasteiger partial charge < -0.3 is 15.1 Å². The Hall–Kier alpha value is -2.77. The van der Waals surface area contributed by atoms with E-state index in [1.807, 2.05) is 30.3 Å². The number of amides is 2. The number of aromatic nitrogens is 1. The number of nitrogens with zero attached hydrogens (tertiary/aromatic N) is 1. The standard InChI is InChI=1S/C21H20ClN3O3S/c1-2-19(26)23-15-8-9-17(22)18(10-15)25-20(27)13-29-12-16-11-28-21(24-16)14-6-4-3-5-7-14/h3-11H,2,12-13H2,1H3,(H,23,26)(H,25,27). The van der Waals surface area contributed by atoms with Crippen molar-refractivity contribution in [2.75, 3.05) is 16.4 Å². The first-order chi connectivity index (χ1) is 14.0. The molecular weight excluding hydrogens is 410 g/mol. The number of halogens is 1. The molecule has 1 heterocycles. The minimum absolute atomic E-state index is 0.109. The number of hydrogen-bond donors (Lipinski definition) is 2. The summed E-state index contributed by atoms with van der Waals surface area (Å²) in [5, 5.41) is 5.92. The van der Waals surface area contributed by atoms with Gasteiger partial charge >= 0.3 is 0 Å². The number of carbonyl (C=O) groups excluding carboxylic acids is 2. The van der Waals surface area contributed by atoms with E-state index in [9.17, 15) is 9.59 Å². The molecule has 2 aromatic carbocycles. The Morgan fingerprint density at radius 2 is 1.90 bits per heavy atom. The number of carbonyl (C=O) groups is 2. The molecular formula is C21H20ClN3O3S. The highest BCUT2D eigenvalue weighted by Gasteiger charge is 2.10. The Bertz CT molecular complexity index is 992. The van der Waals surface area contributed by atoms with Crippen LogP contribution in [0.25, 0.3) is 11.5 Å². The summed E-state index contributed by atoms with van der Waals surface area (Å²) in [6.07, 6.45) is 1.97. The van der Waals surface area contributed by atoms with Crippen LogP contribution in [0.1, 0.15) is 19.0 Å². The van der Waals surface area contributed by atoms with Gasteiger partial charge in [-0.25, -0.2) is 4.98 Å². The lowest BCUT2D eigenvalue weighted by Gasteiger charge is -2.10. The molecule has 2 N–H and O–H groups in total. The van der Waals surface area contributed by atoms with E-state index in [0.29, 0.717) is 34.5 Å². The maximum absolute atomic E-state index is 12.2. The van der Waals surface area contributed by atoms with Crippen LogP contribution in [0.2, 0.25) is 5.02 Å². The molecule has 0 spiro atoms. The van der Waals surface area contributed by atoms with Crippen LogP contribution < -0.4 is 10.6 Å². The van der Waals surface area contributed by atoms with Gasteiger partial charge in [0.25, 0.3) is 0 Å². The van der Waals surface area contributed by atoms with Crippen molar-refractivity contribution >= 4 is 46.6 Å². The fourth-order valence-corrected chi connectivity index (χ4v) is 3.34. The summed E-state index contributed by atoms with van der Waals surface area (Å²) in [6, 6.07) is 14.6. The van der Waals surface area contributed by atoms with Gasteiger partial charge in [0.1, 0.15) is 6.26 Å². The lowest BCUT2D eigenvalue weighted by molar-refractivity contribution is -0.116. The zero-order chi connectivity index (χ0) is 20.6. The van der Waals surface area contributed by atoms with E-state index in [1.54, 1.807) is 31.4 Å². The van der Waals surface area contributed by atoms with Gasteiger partial charge in [0.2, 0.25) is 17.7 Å². The highest BCUT2D eigenvalue weighted by molar-refractivity contribution is 7.99. The predicted molar refractivity (Wildman–Crippen MR) is 117 cm³/mol. The molecule has 8 heteroatoms. The number of benzene rings is 2. The molecule has 0 aliphatic heterocycles. The van der Waals surface area contributed by atoms with Crippen LogP contribution in [0, 0.1) is 0 Å². The molecule has 3 rings (SSSR count). The summed E-state index contributed by atoms with van der Waals surface area (Å²) in [6.45, 7) is 1.77. The van der Waals surface area contributed by atoms with Crippen LogP contribution in [0.3, 0.4) is 0 Å². The molecule has 2 amide bonds. The van der Waals surface area contributed by atoms with Crippen LogP contribution >= 0.6 is 23.4 Å². The van der Waals surface area contributed by atoms with Crippen LogP contribution in [0.4, 0.5) is 11.4 Å². The predicted octanol–water partition coefficient (Wildman–Crippen LogP) is 5.22. The molecule has 29 heavy (non-hydrogen) atoms. The van der Waals surface area contributed by atoms with Gasteiger partial charge in [0.05, 0.1) is 22.2 Å². The van der Waals surface area contributed by atoms with E-state index in [-0.39, 0.29) is 17.6 Å². The van der Waals surface area contributed by atoms with Crippen LogP contribution in [-0.2, 0) is 15.3 Å². The molecule has 150 valence electrons. The van der Waals surface area contributed by atoms with E-state index in [2.05, 4.69) is 15.6 Å². The van der Waals surface area contributed by atoms with Gasteiger partial charge in [0, 0.05) is 23.4 Å². The van der Waals surface area contributed by atoms with Crippen molar-refractivity contribution < 1.29 is 14.0 Å². The van der Waals surface area contributed by atoms with Gasteiger partial charge in [-0.05, 0) is 30.3 Å². The van der Waals surface area contributed by atoms with Gasteiger partial charge in [-0.1, -0.05) is 36.7 Å². The van der Waals surface area contributed by atoms with E-state index in [1.165, 1.54) is 11.8 Å². The topological polar surface area (TPSA) is 84.2 Å². The first-order valence-corrected chi connectivity index (χ1v) is 10.5. The Morgan fingerprint density at radius 3 is 2.66 bits per heavy atom. The Labute approximate surface area is 178 Å². The fourth-order valence-electron chi connectivity index (χ4n) is 2.47. The minimum atomic E-state index is -0.192. The normalized spacial score (nSPS) is 10.6. The Morgan fingerprint density at radius 1 is 1.10 bits per heavy atom. The second-order valence-corrected chi connectivity index (χ2v) is 7.54. The molecule has 0 aliphatic rings. The number of oxazole rings is 1. The van der Waals surface area contributed by atoms with E-state index < -0.39 is 0 Å². The first-order valence-electron chi connectivity index (χ1n) is 9.02. The molecule has 1 aromatic heterocycles. The van der Waals surface area contributed by atoms with Crippen LogP contribution in [0.15, 0.2) is 59.2 Å². The van der Waals surface area contributed by atoms with Crippen molar-refractivity contribution in [3.05, 3.63) is 65.5 Å². The molecule has 0 atom stereocenters. The highest BCUT2D eigenvalue weighted by atomic mass is 35.5. The van der Waals surface area contributed by atoms with Crippen molar-refractivity contribution in [3.8, 4) is 11.5 Å². The quantitative estimate of drug-likeness (QED) is 0.513.